The van der Waals surface area contributed by atoms with Crippen LogP contribution in [-0.2, 0) is 9.59 Å². The molecule has 0 saturated carbocycles. The van der Waals surface area contributed by atoms with Crippen LogP contribution in [0.25, 0.3) is 0 Å². The highest BCUT2D eigenvalue weighted by Crippen LogP contribution is 2.30. The zero-order chi connectivity index (χ0) is 19.3. The molecular weight excluding hydrogens is 493 g/mol. The van der Waals surface area contributed by atoms with E-state index in [2.05, 4.69) is 47.7 Å². The Morgan fingerprint density at radius 1 is 1.23 bits per heavy atom. The Balaban J connectivity index is 2.04. The lowest BCUT2D eigenvalue weighted by Gasteiger charge is -2.09. The number of benzene rings is 2. The van der Waals surface area contributed by atoms with Gasteiger partial charge in [0.2, 0.25) is 0 Å². The molecule has 0 aliphatic carbocycles. The molecule has 2 aromatic carbocycles. The van der Waals surface area contributed by atoms with E-state index in [9.17, 15) is 14.7 Å². The van der Waals surface area contributed by atoms with Gasteiger partial charge in [-0.05, 0) is 46.3 Å². The van der Waals surface area contributed by atoms with Crippen molar-refractivity contribution in [2.24, 2.45) is 5.10 Å². The number of rotatable bonds is 4. The summed E-state index contributed by atoms with van der Waals surface area (Å²) in [7, 11) is 1.42. The van der Waals surface area contributed by atoms with Crippen molar-refractivity contribution in [1.82, 2.24) is 5.43 Å². The van der Waals surface area contributed by atoms with Gasteiger partial charge in [-0.15, -0.1) is 0 Å². The van der Waals surface area contributed by atoms with Crippen molar-refractivity contribution in [1.29, 1.82) is 0 Å². The molecule has 2 aromatic rings. The van der Waals surface area contributed by atoms with Gasteiger partial charge in [0, 0.05) is 15.1 Å². The third-order valence-corrected chi connectivity index (χ3v) is 4.34. The Labute approximate surface area is 170 Å². The minimum Gasteiger partial charge on any atom is -0.506 e. The molecule has 0 spiro atoms. The fourth-order valence-electron chi connectivity index (χ4n) is 1.85. The van der Waals surface area contributed by atoms with Crippen LogP contribution in [0.5, 0.6) is 11.5 Å². The van der Waals surface area contributed by atoms with Gasteiger partial charge >= 0.3 is 11.8 Å². The maximum atomic E-state index is 11.9. The maximum Gasteiger partial charge on any atom is 0.329 e. The first-order valence-corrected chi connectivity index (χ1v) is 8.94. The van der Waals surface area contributed by atoms with Crippen LogP contribution in [0.4, 0.5) is 5.69 Å². The first-order chi connectivity index (χ1) is 12.3. The Morgan fingerprint density at radius 3 is 2.65 bits per heavy atom. The van der Waals surface area contributed by atoms with Gasteiger partial charge in [-0.25, -0.2) is 5.43 Å². The second-order valence-electron chi connectivity index (χ2n) is 4.82. The number of nitrogens with one attached hydrogen (secondary N) is 2. The number of ether oxygens (including phenoxy) is 1. The van der Waals surface area contributed by atoms with Gasteiger partial charge in [0.05, 0.1) is 23.5 Å². The lowest BCUT2D eigenvalue weighted by Crippen LogP contribution is -2.32. The molecule has 7 nitrogen and oxygen atoms in total. The van der Waals surface area contributed by atoms with Crippen LogP contribution in [0.1, 0.15) is 5.56 Å². The molecule has 0 aliphatic rings. The van der Waals surface area contributed by atoms with E-state index in [1.165, 1.54) is 19.4 Å². The summed E-state index contributed by atoms with van der Waals surface area (Å²) in [4.78, 5) is 23.8. The standard InChI is InChI=1S/C16H12Br2ClN3O4/c1-26-13-3-2-10(19)6-12(13)21-15(24)16(25)22-20-7-8-4-9(17)5-11(18)14(8)23/h2-7,23H,1H3,(H,21,24)(H,22,25)/b20-7+. The largest absolute Gasteiger partial charge is 0.506 e. The monoisotopic (exact) mass is 503 g/mol. The highest BCUT2D eigenvalue weighted by atomic mass is 79.9. The summed E-state index contributed by atoms with van der Waals surface area (Å²) in [5.74, 6) is -1.67. The summed E-state index contributed by atoms with van der Waals surface area (Å²) in [6.45, 7) is 0. The van der Waals surface area contributed by atoms with E-state index in [4.69, 9.17) is 16.3 Å². The molecule has 0 aliphatic heterocycles. The number of amides is 2. The smallest absolute Gasteiger partial charge is 0.329 e. The molecule has 0 fully saturated rings. The van der Waals surface area contributed by atoms with Crippen LogP contribution >= 0.6 is 43.5 Å². The Kier molecular flexibility index (Phi) is 7.01. The van der Waals surface area contributed by atoms with E-state index in [0.717, 1.165) is 0 Å². The minimum absolute atomic E-state index is 0.0562. The molecule has 0 atom stereocenters. The molecule has 2 amide bonds. The number of carbonyl (C=O) groups excluding carboxylic acids is 2. The molecule has 0 heterocycles. The van der Waals surface area contributed by atoms with Crippen LogP contribution in [0.3, 0.4) is 0 Å². The van der Waals surface area contributed by atoms with Crippen molar-refractivity contribution < 1.29 is 19.4 Å². The fourth-order valence-corrected chi connectivity index (χ4v) is 3.28. The van der Waals surface area contributed by atoms with Crippen molar-refractivity contribution in [2.75, 3.05) is 12.4 Å². The Morgan fingerprint density at radius 2 is 1.96 bits per heavy atom. The predicted molar refractivity (Wildman–Crippen MR) is 106 cm³/mol. The number of carbonyl (C=O) groups is 2. The van der Waals surface area contributed by atoms with E-state index in [-0.39, 0.29) is 11.4 Å². The van der Waals surface area contributed by atoms with E-state index in [0.29, 0.717) is 25.3 Å². The summed E-state index contributed by atoms with van der Waals surface area (Å²) >= 11 is 12.3. The molecule has 2 rings (SSSR count). The highest BCUT2D eigenvalue weighted by molar-refractivity contribution is 9.11. The van der Waals surface area contributed by atoms with Gasteiger partial charge < -0.3 is 15.2 Å². The first-order valence-electron chi connectivity index (χ1n) is 6.97. The number of phenolic OH excluding ortho intramolecular Hbond substituents is 1. The predicted octanol–water partition coefficient (Wildman–Crippen LogP) is 3.67. The van der Waals surface area contributed by atoms with Gasteiger partial charge in [0.15, 0.2) is 0 Å². The molecular formula is C16H12Br2ClN3O4. The van der Waals surface area contributed by atoms with Crippen LogP contribution in [0.2, 0.25) is 5.02 Å². The van der Waals surface area contributed by atoms with Crippen LogP contribution in [0.15, 0.2) is 44.4 Å². The first kappa shape index (κ1) is 20.2. The molecule has 0 aromatic heterocycles. The topological polar surface area (TPSA) is 100 Å². The van der Waals surface area contributed by atoms with Gasteiger partial charge in [-0.2, -0.15) is 5.10 Å². The normalized spacial score (nSPS) is 10.6. The second-order valence-corrected chi connectivity index (χ2v) is 7.03. The summed E-state index contributed by atoms with van der Waals surface area (Å²) in [5, 5.41) is 16.3. The molecule has 0 radical (unpaired) electrons. The molecule has 10 heteroatoms. The van der Waals surface area contributed by atoms with Gasteiger partial charge in [-0.3, -0.25) is 9.59 Å². The second kappa shape index (κ2) is 9.02. The number of hydrazone groups is 1. The van der Waals surface area contributed by atoms with Crippen LogP contribution < -0.4 is 15.5 Å². The van der Waals surface area contributed by atoms with E-state index in [1.54, 1.807) is 24.3 Å². The summed E-state index contributed by atoms with van der Waals surface area (Å²) in [6.07, 6.45) is 1.20. The van der Waals surface area contributed by atoms with Gasteiger partial charge in [0.25, 0.3) is 0 Å². The van der Waals surface area contributed by atoms with Crippen molar-refractivity contribution >= 4 is 67.2 Å². The van der Waals surface area contributed by atoms with Crippen molar-refractivity contribution in [3.8, 4) is 11.5 Å². The third-order valence-electron chi connectivity index (χ3n) is 3.04. The lowest BCUT2D eigenvalue weighted by atomic mass is 10.2. The summed E-state index contributed by atoms with van der Waals surface area (Å²) < 4.78 is 6.23. The number of anilines is 1. The zero-order valence-electron chi connectivity index (χ0n) is 13.2. The zero-order valence-corrected chi connectivity index (χ0v) is 17.1. The van der Waals surface area contributed by atoms with Crippen molar-refractivity contribution in [3.63, 3.8) is 0 Å². The number of phenols is 1. The molecule has 3 N–H and O–H groups in total. The van der Waals surface area contributed by atoms with Crippen LogP contribution in [-0.4, -0.2) is 30.2 Å². The van der Waals surface area contributed by atoms with E-state index in [1.807, 2.05) is 0 Å². The van der Waals surface area contributed by atoms with Crippen molar-refractivity contribution in [2.45, 2.75) is 0 Å². The van der Waals surface area contributed by atoms with E-state index >= 15 is 0 Å². The van der Waals surface area contributed by atoms with E-state index < -0.39 is 11.8 Å². The number of aromatic hydroxyl groups is 1. The van der Waals surface area contributed by atoms with Gasteiger partial charge in [-0.1, -0.05) is 27.5 Å². The Hall–Kier alpha value is -2.10. The molecule has 136 valence electrons. The third kappa shape index (κ3) is 5.20. The average Bonchev–Trinajstić information content (AvgIpc) is 2.59. The lowest BCUT2D eigenvalue weighted by molar-refractivity contribution is -0.136. The number of halogens is 3. The molecule has 0 saturated heterocycles. The van der Waals surface area contributed by atoms with Gasteiger partial charge in [0.1, 0.15) is 11.5 Å². The SMILES string of the molecule is COc1ccc(Cl)cc1NC(=O)C(=O)N/N=C/c1cc(Br)cc(Br)c1O. The minimum atomic E-state index is -1.00. The fraction of sp³-hybridized carbons (Fsp3) is 0.0625. The maximum absolute atomic E-state index is 11.9. The Bertz CT molecular complexity index is 890. The molecule has 0 unspecified atom stereocenters. The summed E-state index contributed by atoms with van der Waals surface area (Å²) in [5.41, 5.74) is 2.66. The average molecular weight is 506 g/mol. The van der Waals surface area contributed by atoms with Crippen LogP contribution in [0, 0.1) is 0 Å². The highest BCUT2D eigenvalue weighted by Gasteiger charge is 2.15. The number of hydrogen-bond donors (Lipinski definition) is 3. The summed E-state index contributed by atoms with van der Waals surface area (Å²) in [6, 6.07) is 7.83. The quantitative estimate of drug-likeness (QED) is 0.335. The molecule has 26 heavy (non-hydrogen) atoms. The number of methoxy groups -OCH3 is 1. The van der Waals surface area contributed by atoms with Crippen molar-refractivity contribution in [3.05, 3.63) is 49.9 Å². The molecule has 0 bridgehead atoms. The number of hydrogen-bond acceptors (Lipinski definition) is 5. The number of nitrogens with zero attached hydrogens (tertiary/aromatic N) is 1.